The van der Waals surface area contributed by atoms with Crippen molar-refractivity contribution < 1.29 is 0 Å². The Hall–Kier alpha value is -0.820. The molecular formula is C17H25N. The maximum atomic E-state index is 3.92. The number of aryl methyl sites for hydroxylation is 1. The molecule has 4 unspecified atom stereocenters. The Morgan fingerprint density at radius 1 is 1.00 bits per heavy atom. The van der Waals surface area contributed by atoms with Crippen LogP contribution in [0.25, 0.3) is 0 Å². The Labute approximate surface area is 111 Å². The van der Waals surface area contributed by atoms with Gasteiger partial charge in [-0.3, -0.25) is 0 Å². The van der Waals surface area contributed by atoms with E-state index in [2.05, 4.69) is 43.4 Å². The summed E-state index contributed by atoms with van der Waals surface area (Å²) in [5.41, 5.74) is 3.12. The maximum absolute atomic E-state index is 3.92. The van der Waals surface area contributed by atoms with Crippen LogP contribution in [0.5, 0.6) is 0 Å². The molecule has 0 aliphatic heterocycles. The van der Waals surface area contributed by atoms with Crippen LogP contribution in [0.1, 0.15) is 56.7 Å². The molecule has 3 rings (SSSR count). The number of hydrogen-bond donors (Lipinski definition) is 1. The van der Waals surface area contributed by atoms with E-state index < -0.39 is 0 Å². The van der Waals surface area contributed by atoms with Crippen molar-refractivity contribution in [3.8, 4) is 0 Å². The second-order valence-corrected chi connectivity index (χ2v) is 6.42. The van der Waals surface area contributed by atoms with Gasteiger partial charge < -0.3 is 5.32 Å². The molecule has 0 amide bonds. The summed E-state index contributed by atoms with van der Waals surface area (Å²) in [5.74, 6) is 1.80. The minimum Gasteiger partial charge on any atom is -0.307 e. The summed E-state index contributed by atoms with van der Waals surface area (Å²) in [6.07, 6.45) is 6.67. The summed E-state index contributed by atoms with van der Waals surface area (Å²) >= 11 is 0. The average molecular weight is 243 g/mol. The highest BCUT2D eigenvalue weighted by atomic mass is 15.0. The molecule has 0 aromatic heterocycles. The van der Waals surface area contributed by atoms with Crippen LogP contribution in [0, 0.1) is 11.8 Å². The van der Waals surface area contributed by atoms with Crippen molar-refractivity contribution in [3.05, 3.63) is 35.4 Å². The molecule has 1 heteroatoms. The first-order chi connectivity index (χ1) is 8.74. The van der Waals surface area contributed by atoms with E-state index in [-0.39, 0.29) is 0 Å². The molecule has 1 fully saturated rings. The van der Waals surface area contributed by atoms with Crippen molar-refractivity contribution in [1.82, 2.24) is 5.32 Å². The molecule has 0 spiro atoms. The lowest BCUT2D eigenvalue weighted by Crippen LogP contribution is -2.37. The molecule has 0 heterocycles. The minimum atomic E-state index is 0.617. The second-order valence-electron chi connectivity index (χ2n) is 6.42. The van der Waals surface area contributed by atoms with Crippen molar-refractivity contribution in [3.63, 3.8) is 0 Å². The highest BCUT2D eigenvalue weighted by Gasteiger charge is 2.28. The van der Waals surface area contributed by atoms with Gasteiger partial charge in [-0.15, -0.1) is 0 Å². The summed E-state index contributed by atoms with van der Waals surface area (Å²) in [6, 6.07) is 10.3. The molecule has 98 valence electrons. The molecule has 1 aromatic rings. The Bertz CT molecular complexity index is 412. The van der Waals surface area contributed by atoms with E-state index in [1.165, 1.54) is 32.1 Å². The van der Waals surface area contributed by atoms with Gasteiger partial charge in [0.2, 0.25) is 0 Å². The summed E-state index contributed by atoms with van der Waals surface area (Å²) in [5, 5.41) is 3.92. The van der Waals surface area contributed by atoms with E-state index in [4.69, 9.17) is 0 Å². The van der Waals surface area contributed by atoms with Gasteiger partial charge in [0.05, 0.1) is 0 Å². The smallest absolute Gasteiger partial charge is 0.0328 e. The van der Waals surface area contributed by atoms with Crippen LogP contribution in [0.15, 0.2) is 24.3 Å². The van der Waals surface area contributed by atoms with E-state index in [9.17, 15) is 0 Å². The van der Waals surface area contributed by atoms with Gasteiger partial charge in [-0.2, -0.15) is 0 Å². The first kappa shape index (κ1) is 12.2. The predicted molar refractivity (Wildman–Crippen MR) is 76.6 cm³/mol. The van der Waals surface area contributed by atoms with Crippen LogP contribution in [-0.2, 0) is 6.42 Å². The monoisotopic (exact) mass is 243 g/mol. The summed E-state index contributed by atoms with van der Waals surface area (Å²) < 4.78 is 0. The van der Waals surface area contributed by atoms with Gasteiger partial charge in [-0.1, -0.05) is 38.1 Å². The summed E-state index contributed by atoms with van der Waals surface area (Å²) in [6.45, 7) is 4.83. The molecule has 1 aromatic carbocycles. The largest absolute Gasteiger partial charge is 0.307 e. The Kier molecular flexibility index (Phi) is 3.43. The zero-order chi connectivity index (χ0) is 12.5. The molecule has 1 saturated carbocycles. The number of fused-ring (bicyclic) bond motifs is 1. The Morgan fingerprint density at radius 3 is 2.67 bits per heavy atom. The van der Waals surface area contributed by atoms with Crippen LogP contribution in [0.2, 0.25) is 0 Å². The molecule has 4 atom stereocenters. The van der Waals surface area contributed by atoms with Crippen molar-refractivity contribution in [2.75, 3.05) is 0 Å². The predicted octanol–water partition coefficient (Wildman–Crippen LogP) is 4.09. The molecule has 0 radical (unpaired) electrons. The molecular weight excluding hydrogens is 218 g/mol. The van der Waals surface area contributed by atoms with Crippen LogP contribution in [-0.4, -0.2) is 6.04 Å². The van der Waals surface area contributed by atoms with Gasteiger partial charge in [0.1, 0.15) is 0 Å². The van der Waals surface area contributed by atoms with E-state index in [1.54, 1.807) is 11.1 Å². The third-order valence-corrected chi connectivity index (χ3v) is 5.17. The Balaban J connectivity index is 1.65. The standard InChI is InChI=1S/C17H25N/c1-12-7-9-15(11-13(12)2)18-17-10-8-14-5-3-4-6-16(14)17/h3-6,12-13,15,17-18H,7-11H2,1-2H3. The van der Waals surface area contributed by atoms with Crippen LogP contribution < -0.4 is 5.32 Å². The Morgan fingerprint density at radius 2 is 1.83 bits per heavy atom. The normalized spacial score (nSPS) is 35.4. The minimum absolute atomic E-state index is 0.617. The van der Waals surface area contributed by atoms with E-state index in [1.807, 2.05) is 0 Å². The van der Waals surface area contributed by atoms with Crippen molar-refractivity contribution in [1.29, 1.82) is 0 Å². The van der Waals surface area contributed by atoms with Gasteiger partial charge in [0.25, 0.3) is 0 Å². The highest BCUT2D eigenvalue weighted by molar-refractivity contribution is 5.34. The van der Waals surface area contributed by atoms with Gasteiger partial charge in [-0.05, 0) is 55.1 Å². The molecule has 2 aliphatic rings. The second kappa shape index (κ2) is 5.05. The SMILES string of the molecule is CC1CCC(NC2CCc3ccccc32)CC1C. The number of benzene rings is 1. The molecule has 18 heavy (non-hydrogen) atoms. The number of nitrogens with one attached hydrogen (secondary N) is 1. The van der Waals surface area contributed by atoms with Crippen molar-refractivity contribution in [2.45, 2.75) is 58.0 Å². The molecule has 0 bridgehead atoms. The lowest BCUT2D eigenvalue weighted by atomic mass is 9.79. The third-order valence-electron chi connectivity index (χ3n) is 5.17. The zero-order valence-electron chi connectivity index (χ0n) is 11.7. The van der Waals surface area contributed by atoms with Crippen LogP contribution >= 0.6 is 0 Å². The zero-order valence-corrected chi connectivity index (χ0v) is 11.7. The number of rotatable bonds is 2. The van der Waals surface area contributed by atoms with Crippen LogP contribution in [0.3, 0.4) is 0 Å². The van der Waals surface area contributed by atoms with Gasteiger partial charge >= 0.3 is 0 Å². The molecule has 2 aliphatic carbocycles. The van der Waals surface area contributed by atoms with Crippen molar-refractivity contribution >= 4 is 0 Å². The van der Waals surface area contributed by atoms with Crippen molar-refractivity contribution in [2.24, 2.45) is 11.8 Å². The fraction of sp³-hybridized carbons (Fsp3) is 0.647. The molecule has 1 nitrogen and oxygen atoms in total. The van der Waals surface area contributed by atoms with Crippen LogP contribution in [0.4, 0.5) is 0 Å². The first-order valence-corrected chi connectivity index (χ1v) is 7.58. The lowest BCUT2D eigenvalue weighted by molar-refractivity contribution is 0.215. The fourth-order valence-corrected chi connectivity index (χ4v) is 3.71. The van der Waals surface area contributed by atoms with Gasteiger partial charge in [0.15, 0.2) is 0 Å². The lowest BCUT2D eigenvalue weighted by Gasteiger charge is -2.34. The maximum Gasteiger partial charge on any atom is 0.0328 e. The van der Waals surface area contributed by atoms with E-state index in [0.717, 1.165) is 17.9 Å². The highest BCUT2D eigenvalue weighted by Crippen LogP contribution is 2.35. The topological polar surface area (TPSA) is 12.0 Å². The fourth-order valence-electron chi connectivity index (χ4n) is 3.71. The first-order valence-electron chi connectivity index (χ1n) is 7.58. The quantitative estimate of drug-likeness (QED) is 0.825. The molecule has 0 saturated heterocycles. The summed E-state index contributed by atoms with van der Waals surface area (Å²) in [4.78, 5) is 0. The average Bonchev–Trinajstić information content (AvgIpc) is 2.78. The molecule has 1 N–H and O–H groups in total. The number of hydrogen-bond acceptors (Lipinski definition) is 1. The third kappa shape index (κ3) is 2.33. The van der Waals surface area contributed by atoms with E-state index in [0.29, 0.717) is 6.04 Å². The van der Waals surface area contributed by atoms with Gasteiger partial charge in [0, 0.05) is 12.1 Å². The summed E-state index contributed by atoms with van der Waals surface area (Å²) in [7, 11) is 0. The van der Waals surface area contributed by atoms with Gasteiger partial charge in [-0.25, -0.2) is 0 Å². The van der Waals surface area contributed by atoms with E-state index >= 15 is 0 Å².